The van der Waals surface area contributed by atoms with E-state index in [9.17, 15) is 0 Å². The second kappa shape index (κ2) is 10.6. The molecule has 48 heavy (non-hydrogen) atoms. The lowest BCUT2D eigenvalue weighted by Gasteiger charge is -2.50. The second-order valence-corrected chi connectivity index (χ2v) is 14.8. The molecule has 1 nitrogen and oxygen atoms in total. The molecule has 1 aliphatic heterocycles. The Labute approximate surface area is 285 Å². The predicted molar refractivity (Wildman–Crippen MR) is 201 cm³/mol. The van der Waals surface area contributed by atoms with Gasteiger partial charge in [0, 0.05) is 16.8 Å². The lowest BCUT2D eigenvalue weighted by Crippen LogP contribution is -2.54. The number of fused-ring (bicyclic) bond motifs is 6. The van der Waals surface area contributed by atoms with E-state index in [0.717, 1.165) is 0 Å². The molecule has 1 heteroatoms. The van der Waals surface area contributed by atoms with E-state index in [1.54, 1.807) is 0 Å². The van der Waals surface area contributed by atoms with Gasteiger partial charge < -0.3 is 4.90 Å². The van der Waals surface area contributed by atoms with Crippen LogP contribution in [-0.2, 0) is 10.8 Å². The average molecular weight is 622 g/mol. The minimum absolute atomic E-state index is 0.0343. The third kappa shape index (κ3) is 3.73. The summed E-state index contributed by atoms with van der Waals surface area (Å²) in [4.78, 5) is 2.72. The van der Waals surface area contributed by atoms with Crippen molar-refractivity contribution >= 4 is 11.4 Å². The predicted octanol–water partition coefficient (Wildman–Crippen LogP) is 12.1. The zero-order valence-electron chi connectivity index (χ0n) is 28.6. The van der Waals surface area contributed by atoms with Crippen LogP contribution in [0.15, 0.2) is 140 Å². The van der Waals surface area contributed by atoms with Crippen LogP contribution in [0.3, 0.4) is 0 Å². The summed E-state index contributed by atoms with van der Waals surface area (Å²) >= 11 is 0. The molecule has 6 aromatic rings. The summed E-state index contributed by atoms with van der Waals surface area (Å²) in [6, 6.07) is 52.4. The summed E-state index contributed by atoms with van der Waals surface area (Å²) < 4.78 is 0. The zero-order chi connectivity index (χ0) is 32.7. The Morgan fingerprint density at radius 3 is 1.77 bits per heavy atom. The quantitative estimate of drug-likeness (QED) is 0.189. The standard InChI is InChI=1S/C47H43N/c1-32-33(2)44-43(45(3)28-16-17-29-46(45,4)48(44)37-22-12-7-13-23-37)31-39(32)34-26-27-42-40(30-34)38-24-14-15-25-41(38)47(42,35-18-8-5-9-19-35)36-20-10-6-11-21-36/h5-15,18-27,30-31H,16-17,28-29H2,1-4H3. The number of benzene rings is 6. The third-order valence-electron chi connectivity index (χ3n) is 12.7. The fourth-order valence-electron chi connectivity index (χ4n) is 10.0. The maximum atomic E-state index is 2.72. The van der Waals surface area contributed by atoms with Crippen molar-refractivity contribution < 1.29 is 0 Å². The van der Waals surface area contributed by atoms with Crippen LogP contribution in [0.5, 0.6) is 0 Å². The molecule has 3 aliphatic rings. The van der Waals surface area contributed by atoms with Crippen LogP contribution in [-0.4, -0.2) is 5.54 Å². The van der Waals surface area contributed by atoms with E-state index in [1.165, 1.54) is 98.3 Å². The molecule has 2 unspecified atom stereocenters. The first-order valence-corrected chi connectivity index (χ1v) is 17.8. The van der Waals surface area contributed by atoms with E-state index in [2.05, 4.69) is 172 Å². The molecule has 0 amide bonds. The lowest BCUT2D eigenvalue weighted by atomic mass is 9.61. The molecule has 6 aromatic carbocycles. The molecule has 0 spiro atoms. The largest absolute Gasteiger partial charge is 0.334 e. The van der Waals surface area contributed by atoms with Gasteiger partial charge in [0.2, 0.25) is 0 Å². The molecular weight excluding hydrogens is 579 g/mol. The van der Waals surface area contributed by atoms with Crippen LogP contribution < -0.4 is 4.90 Å². The number of nitrogens with zero attached hydrogens (tertiary/aromatic N) is 1. The van der Waals surface area contributed by atoms with Crippen molar-refractivity contribution in [3.05, 3.63) is 178 Å². The summed E-state index contributed by atoms with van der Waals surface area (Å²) in [7, 11) is 0. The summed E-state index contributed by atoms with van der Waals surface area (Å²) in [6.45, 7) is 9.81. The minimum Gasteiger partial charge on any atom is -0.334 e. The molecule has 0 aromatic heterocycles. The highest BCUT2D eigenvalue weighted by Gasteiger charge is 2.58. The van der Waals surface area contributed by atoms with E-state index >= 15 is 0 Å². The Kier molecular flexibility index (Phi) is 6.44. The molecular formula is C47H43N. The van der Waals surface area contributed by atoms with Gasteiger partial charge in [0.05, 0.1) is 11.0 Å². The number of hydrogen-bond acceptors (Lipinski definition) is 1. The molecule has 0 radical (unpaired) electrons. The van der Waals surface area contributed by atoms with E-state index < -0.39 is 0 Å². The molecule has 1 fully saturated rings. The van der Waals surface area contributed by atoms with Crippen molar-refractivity contribution in [2.24, 2.45) is 0 Å². The SMILES string of the molecule is Cc1c(-c2ccc3c(c2)-c2ccccc2C3(c2ccccc2)c2ccccc2)cc2c(c1C)N(c1ccccc1)C1(C)CCCCC21C. The van der Waals surface area contributed by atoms with Crippen LogP contribution in [0.1, 0.15) is 78.5 Å². The van der Waals surface area contributed by atoms with Gasteiger partial charge in [-0.15, -0.1) is 0 Å². The number of para-hydroxylation sites is 1. The van der Waals surface area contributed by atoms with Gasteiger partial charge in [0.15, 0.2) is 0 Å². The van der Waals surface area contributed by atoms with Crippen LogP contribution in [0.2, 0.25) is 0 Å². The van der Waals surface area contributed by atoms with E-state index in [4.69, 9.17) is 0 Å². The van der Waals surface area contributed by atoms with Gasteiger partial charge in [-0.1, -0.05) is 135 Å². The van der Waals surface area contributed by atoms with Crippen LogP contribution in [0.25, 0.3) is 22.3 Å². The van der Waals surface area contributed by atoms with Crippen LogP contribution in [0, 0.1) is 13.8 Å². The number of anilines is 2. The molecule has 236 valence electrons. The minimum atomic E-state index is -0.372. The summed E-state index contributed by atoms with van der Waals surface area (Å²) in [5.74, 6) is 0. The fraction of sp³-hybridized carbons (Fsp3) is 0.234. The Hall–Kier alpha value is -4.88. The molecule has 2 atom stereocenters. The van der Waals surface area contributed by atoms with Gasteiger partial charge in [-0.05, 0) is 119 Å². The maximum Gasteiger partial charge on any atom is 0.0713 e. The van der Waals surface area contributed by atoms with Crippen molar-refractivity contribution in [3.8, 4) is 22.3 Å². The molecule has 0 saturated heterocycles. The smallest absolute Gasteiger partial charge is 0.0713 e. The highest BCUT2D eigenvalue weighted by atomic mass is 15.3. The van der Waals surface area contributed by atoms with Crippen molar-refractivity contribution in [1.29, 1.82) is 0 Å². The first-order valence-electron chi connectivity index (χ1n) is 17.8. The van der Waals surface area contributed by atoms with E-state index in [-0.39, 0.29) is 16.4 Å². The Bertz CT molecular complexity index is 2140. The highest BCUT2D eigenvalue weighted by Crippen LogP contribution is 2.63. The molecule has 1 saturated carbocycles. The van der Waals surface area contributed by atoms with Crippen LogP contribution in [0.4, 0.5) is 11.4 Å². The van der Waals surface area contributed by atoms with Crippen molar-refractivity contribution in [2.45, 2.75) is 69.7 Å². The molecule has 0 N–H and O–H groups in total. The van der Waals surface area contributed by atoms with Crippen LogP contribution >= 0.6 is 0 Å². The Morgan fingerprint density at radius 1 is 0.500 bits per heavy atom. The Morgan fingerprint density at radius 2 is 1.08 bits per heavy atom. The van der Waals surface area contributed by atoms with Gasteiger partial charge in [0.1, 0.15) is 0 Å². The van der Waals surface area contributed by atoms with Gasteiger partial charge in [-0.25, -0.2) is 0 Å². The lowest BCUT2D eigenvalue weighted by molar-refractivity contribution is 0.195. The van der Waals surface area contributed by atoms with E-state index in [0.29, 0.717) is 0 Å². The van der Waals surface area contributed by atoms with E-state index in [1.807, 2.05) is 0 Å². The molecule has 1 heterocycles. The van der Waals surface area contributed by atoms with Gasteiger partial charge in [-0.3, -0.25) is 0 Å². The van der Waals surface area contributed by atoms with Crippen molar-refractivity contribution in [3.63, 3.8) is 0 Å². The average Bonchev–Trinajstić information content (AvgIpc) is 3.54. The summed E-state index contributed by atoms with van der Waals surface area (Å²) in [5.41, 5.74) is 17.5. The first-order chi connectivity index (χ1) is 23.4. The third-order valence-corrected chi connectivity index (χ3v) is 12.7. The fourth-order valence-corrected chi connectivity index (χ4v) is 10.0. The van der Waals surface area contributed by atoms with Gasteiger partial charge in [0.25, 0.3) is 0 Å². The van der Waals surface area contributed by atoms with Crippen molar-refractivity contribution in [1.82, 2.24) is 0 Å². The molecule has 0 bridgehead atoms. The zero-order valence-corrected chi connectivity index (χ0v) is 28.6. The molecule has 9 rings (SSSR count). The van der Waals surface area contributed by atoms with Crippen molar-refractivity contribution in [2.75, 3.05) is 4.90 Å². The number of rotatable bonds is 4. The topological polar surface area (TPSA) is 3.24 Å². The summed E-state index contributed by atoms with van der Waals surface area (Å²) in [5, 5.41) is 0. The highest BCUT2D eigenvalue weighted by molar-refractivity contribution is 5.91. The maximum absolute atomic E-state index is 2.72. The normalized spacial score (nSPS) is 21.7. The summed E-state index contributed by atoms with van der Waals surface area (Å²) in [6.07, 6.45) is 4.99. The second-order valence-electron chi connectivity index (χ2n) is 14.8. The monoisotopic (exact) mass is 621 g/mol. The first kappa shape index (κ1) is 29.3. The molecule has 2 aliphatic carbocycles. The van der Waals surface area contributed by atoms with Gasteiger partial charge in [-0.2, -0.15) is 0 Å². The number of hydrogen-bond donors (Lipinski definition) is 0. The van der Waals surface area contributed by atoms with Gasteiger partial charge >= 0.3 is 0 Å². The Balaban J connectivity index is 1.28.